The van der Waals surface area contributed by atoms with Gasteiger partial charge in [0.05, 0.1) is 6.21 Å². The molecule has 2 amide bonds. The average molecular weight is 488 g/mol. The Morgan fingerprint density at radius 1 is 0.812 bits per heavy atom. The van der Waals surface area contributed by atoms with Gasteiger partial charge >= 0.3 is 0 Å². The molecule has 4 aromatic rings. The molecular formula is C26H22BrN3O2. The number of amides is 2. The molecular weight excluding hydrogens is 466 g/mol. The van der Waals surface area contributed by atoms with Crippen LogP contribution in [0.5, 0.6) is 0 Å². The SMILES string of the molecule is O=C(CCCC(=O)Nc1cccc(Br)c1)NN=Cc1c2ccccc2cc2ccccc12. The van der Waals surface area contributed by atoms with Crippen molar-refractivity contribution < 1.29 is 9.59 Å². The second kappa shape index (κ2) is 10.2. The highest BCUT2D eigenvalue weighted by Crippen LogP contribution is 2.27. The number of benzene rings is 4. The first-order chi connectivity index (χ1) is 15.6. The molecule has 4 rings (SSSR count). The van der Waals surface area contributed by atoms with E-state index in [0.29, 0.717) is 6.42 Å². The highest BCUT2D eigenvalue weighted by atomic mass is 79.9. The van der Waals surface area contributed by atoms with Crippen LogP contribution in [0, 0.1) is 0 Å². The third-order valence-electron chi connectivity index (χ3n) is 5.11. The fourth-order valence-corrected chi connectivity index (χ4v) is 4.01. The number of hydrazone groups is 1. The number of fused-ring (bicyclic) bond motifs is 2. The summed E-state index contributed by atoms with van der Waals surface area (Å²) >= 11 is 3.37. The van der Waals surface area contributed by atoms with E-state index in [9.17, 15) is 9.59 Å². The van der Waals surface area contributed by atoms with Crippen molar-refractivity contribution in [1.82, 2.24) is 5.43 Å². The van der Waals surface area contributed by atoms with Crippen molar-refractivity contribution in [3.63, 3.8) is 0 Å². The van der Waals surface area contributed by atoms with E-state index in [1.54, 1.807) is 6.21 Å². The first-order valence-electron chi connectivity index (χ1n) is 10.4. The lowest BCUT2D eigenvalue weighted by Gasteiger charge is -2.08. The molecule has 0 saturated heterocycles. The predicted molar refractivity (Wildman–Crippen MR) is 134 cm³/mol. The fraction of sp³-hybridized carbons (Fsp3) is 0.115. The second-order valence-corrected chi connectivity index (χ2v) is 8.35. The summed E-state index contributed by atoms with van der Waals surface area (Å²) in [5, 5.41) is 11.4. The van der Waals surface area contributed by atoms with Gasteiger partial charge in [0.15, 0.2) is 0 Å². The van der Waals surface area contributed by atoms with Crippen LogP contribution in [0.25, 0.3) is 21.5 Å². The smallest absolute Gasteiger partial charge is 0.240 e. The maximum atomic E-state index is 12.2. The van der Waals surface area contributed by atoms with Gasteiger partial charge in [0, 0.05) is 28.6 Å². The summed E-state index contributed by atoms with van der Waals surface area (Å²) in [6, 6.07) is 25.8. The number of anilines is 1. The monoisotopic (exact) mass is 487 g/mol. The van der Waals surface area contributed by atoms with Crippen molar-refractivity contribution in [3.8, 4) is 0 Å². The number of carbonyl (C=O) groups excluding carboxylic acids is 2. The highest BCUT2D eigenvalue weighted by Gasteiger charge is 2.07. The van der Waals surface area contributed by atoms with Gasteiger partial charge in [-0.15, -0.1) is 0 Å². The number of halogens is 1. The Bertz CT molecular complexity index is 1260. The Labute approximate surface area is 194 Å². The summed E-state index contributed by atoms with van der Waals surface area (Å²) in [6.45, 7) is 0. The van der Waals surface area contributed by atoms with Gasteiger partial charge < -0.3 is 5.32 Å². The molecule has 6 heteroatoms. The minimum atomic E-state index is -0.221. The molecule has 0 spiro atoms. The van der Waals surface area contributed by atoms with Crippen molar-refractivity contribution in [2.45, 2.75) is 19.3 Å². The van der Waals surface area contributed by atoms with E-state index in [1.165, 1.54) is 0 Å². The van der Waals surface area contributed by atoms with E-state index in [0.717, 1.165) is 37.3 Å². The lowest BCUT2D eigenvalue weighted by atomic mass is 9.97. The number of rotatable bonds is 7. The lowest BCUT2D eigenvalue weighted by Crippen LogP contribution is -2.18. The van der Waals surface area contributed by atoms with Crippen molar-refractivity contribution in [2.24, 2.45) is 5.10 Å². The summed E-state index contributed by atoms with van der Waals surface area (Å²) in [5.41, 5.74) is 4.27. The van der Waals surface area contributed by atoms with E-state index < -0.39 is 0 Å². The van der Waals surface area contributed by atoms with Gasteiger partial charge in [-0.3, -0.25) is 9.59 Å². The van der Waals surface area contributed by atoms with Gasteiger partial charge in [-0.25, -0.2) is 5.43 Å². The minimum Gasteiger partial charge on any atom is -0.326 e. The van der Waals surface area contributed by atoms with Gasteiger partial charge in [-0.2, -0.15) is 5.10 Å². The molecule has 0 aromatic heterocycles. The van der Waals surface area contributed by atoms with Crippen LogP contribution in [0.3, 0.4) is 0 Å². The zero-order chi connectivity index (χ0) is 22.3. The molecule has 160 valence electrons. The van der Waals surface area contributed by atoms with Crippen molar-refractivity contribution >= 4 is 61.2 Å². The molecule has 2 N–H and O–H groups in total. The van der Waals surface area contributed by atoms with E-state index in [1.807, 2.05) is 48.5 Å². The topological polar surface area (TPSA) is 70.6 Å². The molecule has 0 heterocycles. The van der Waals surface area contributed by atoms with Crippen LogP contribution in [0.4, 0.5) is 5.69 Å². The average Bonchev–Trinajstić information content (AvgIpc) is 2.78. The number of nitrogens with zero attached hydrogens (tertiary/aromatic N) is 1. The van der Waals surface area contributed by atoms with Crippen LogP contribution >= 0.6 is 15.9 Å². The van der Waals surface area contributed by atoms with Gasteiger partial charge in [0.1, 0.15) is 0 Å². The third kappa shape index (κ3) is 5.39. The third-order valence-corrected chi connectivity index (χ3v) is 5.61. The largest absolute Gasteiger partial charge is 0.326 e. The number of hydrogen-bond donors (Lipinski definition) is 2. The number of carbonyl (C=O) groups is 2. The molecule has 32 heavy (non-hydrogen) atoms. The first-order valence-corrected chi connectivity index (χ1v) is 11.2. The number of hydrogen-bond acceptors (Lipinski definition) is 3. The molecule has 0 radical (unpaired) electrons. The molecule has 5 nitrogen and oxygen atoms in total. The Kier molecular flexibility index (Phi) is 6.92. The van der Waals surface area contributed by atoms with Gasteiger partial charge in [-0.1, -0.05) is 70.5 Å². The molecule has 0 fully saturated rings. The van der Waals surface area contributed by atoms with Crippen molar-refractivity contribution in [2.75, 3.05) is 5.32 Å². The zero-order valence-electron chi connectivity index (χ0n) is 17.3. The van der Waals surface area contributed by atoms with E-state index >= 15 is 0 Å². The molecule has 0 unspecified atom stereocenters. The summed E-state index contributed by atoms with van der Waals surface area (Å²) in [4.78, 5) is 24.2. The predicted octanol–water partition coefficient (Wildman–Crippen LogP) is 6.01. The maximum absolute atomic E-state index is 12.2. The lowest BCUT2D eigenvalue weighted by molar-refractivity contribution is -0.121. The summed E-state index contributed by atoms with van der Waals surface area (Å²) in [7, 11) is 0. The summed E-state index contributed by atoms with van der Waals surface area (Å²) < 4.78 is 0.895. The van der Waals surface area contributed by atoms with Crippen LogP contribution in [0.15, 0.2) is 88.4 Å². The van der Waals surface area contributed by atoms with Gasteiger partial charge in [-0.05, 0) is 52.2 Å². The quantitative estimate of drug-likeness (QED) is 0.190. The molecule has 0 aliphatic rings. The van der Waals surface area contributed by atoms with E-state index in [-0.39, 0.29) is 24.7 Å². The Morgan fingerprint density at radius 2 is 1.47 bits per heavy atom. The van der Waals surface area contributed by atoms with Crippen LogP contribution < -0.4 is 10.7 Å². The van der Waals surface area contributed by atoms with E-state index in [2.05, 4.69) is 62.1 Å². The van der Waals surface area contributed by atoms with E-state index in [4.69, 9.17) is 0 Å². The normalized spacial score (nSPS) is 11.2. The van der Waals surface area contributed by atoms with Gasteiger partial charge in [0.25, 0.3) is 0 Å². The minimum absolute atomic E-state index is 0.123. The Hall–Kier alpha value is -3.51. The summed E-state index contributed by atoms with van der Waals surface area (Å²) in [5.74, 6) is -0.345. The van der Waals surface area contributed by atoms with Crippen LogP contribution in [-0.4, -0.2) is 18.0 Å². The summed E-state index contributed by atoms with van der Waals surface area (Å²) in [6.07, 6.45) is 2.62. The van der Waals surface area contributed by atoms with Crippen LogP contribution in [0.2, 0.25) is 0 Å². The Morgan fingerprint density at radius 3 is 2.16 bits per heavy atom. The van der Waals surface area contributed by atoms with Crippen LogP contribution in [0.1, 0.15) is 24.8 Å². The second-order valence-electron chi connectivity index (χ2n) is 7.44. The van der Waals surface area contributed by atoms with Gasteiger partial charge in [0.2, 0.25) is 11.8 Å². The van der Waals surface area contributed by atoms with Crippen molar-refractivity contribution in [3.05, 3.63) is 88.9 Å². The molecule has 0 aliphatic heterocycles. The number of nitrogens with one attached hydrogen (secondary N) is 2. The standard InChI is InChI=1S/C26H22BrN3O2/c27-20-9-5-10-21(16-20)29-25(31)13-6-14-26(32)30-28-17-24-22-11-3-1-7-18(22)15-19-8-2-4-12-23(19)24/h1-5,7-12,15-17H,6,13-14H2,(H,29,31)(H,30,32). The first kappa shape index (κ1) is 21.7. The maximum Gasteiger partial charge on any atom is 0.240 e. The fourth-order valence-electron chi connectivity index (χ4n) is 3.61. The molecule has 0 bridgehead atoms. The van der Waals surface area contributed by atoms with Crippen LogP contribution in [-0.2, 0) is 9.59 Å². The molecule has 0 saturated carbocycles. The zero-order valence-corrected chi connectivity index (χ0v) is 18.9. The van der Waals surface area contributed by atoms with Crippen molar-refractivity contribution in [1.29, 1.82) is 0 Å². The highest BCUT2D eigenvalue weighted by molar-refractivity contribution is 9.10. The molecule has 0 aliphatic carbocycles. The Balaban J connectivity index is 1.34. The molecule has 0 atom stereocenters. The molecule has 4 aromatic carbocycles.